The van der Waals surface area contributed by atoms with Crippen molar-refractivity contribution in [2.75, 3.05) is 19.7 Å². The van der Waals surface area contributed by atoms with E-state index in [-0.39, 0.29) is 18.1 Å². The highest BCUT2D eigenvalue weighted by atomic mass is 32.1. The zero-order valence-corrected chi connectivity index (χ0v) is 18.8. The second-order valence-electron chi connectivity index (χ2n) is 7.70. The molecule has 0 aromatic carbocycles. The number of ether oxygens (including phenoxy) is 1. The van der Waals surface area contributed by atoms with Crippen molar-refractivity contribution in [3.8, 4) is 0 Å². The van der Waals surface area contributed by atoms with Crippen LogP contribution >= 0.6 is 11.3 Å². The van der Waals surface area contributed by atoms with Crippen LogP contribution in [0.3, 0.4) is 0 Å². The van der Waals surface area contributed by atoms with Crippen molar-refractivity contribution in [2.24, 2.45) is 0 Å². The van der Waals surface area contributed by atoms with E-state index in [4.69, 9.17) is 9.72 Å². The Kier molecular flexibility index (Phi) is 7.84. The lowest BCUT2D eigenvalue weighted by molar-refractivity contribution is -0.144. The molecule has 0 saturated carbocycles. The van der Waals surface area contributed by atoms with Gasteiger partial charge in [-0.1, -0.05) is 33.6 Å². The van der Waals surface area contributed by atoms with Crippen molar-refractivity contribution >= 4 is 27.5 Å². The highest BCUT2D eigenvalue weighted by Crippen LogP contribution is 2.33. The van der Waals surface area contributed by atoms with Gasteiger partial charge in [0, 0.05) is 4.88 Å². The van der Waals surface area contributed by atoms with Gasteiger partial charge in [0.2, 0.25) is 0 Å². The summed E-state index contributed by atoms with van der Waals surface area (Å²) in [7, 11) is 0. The van der Waals surface area contributed by atoms with Crippen LogP contribution < -0.4 is 5.56 Å². The van der Waals surface area contributed by atoms with E-state index in [1.54, 1.807) is 15.9 Å². The van der Waals surface area contributed by atoms with E-state index < -0.39 is 0 Å². The maximum atomic E-state index is 13.5. The second-order valence-corrected chi connectivity index (χ2v) is 8.78. The lowest BCUT2D eigenvalue weighted by Gasteiger charge is -2.20. The van der Waals surface area contributed by atoms with Crippen LogP contribution in [0.2, 0.25) is 0 Å². The summed E-state index contributed by atoms with van der Waals surface area (Å²) in [6.07, 6.45) is 7.22. The van der Waals surface area contributed by atoms with Crippen molar-refractivity contribution in [3.63, 3.8) is 0 Å². The average Bonchev–Trinajstić information content (AvgIpc) is 3.10. The van der Waals surface area contributed by atoms with Gasteiger partial charge >= 0.3 is 5.97 Å². The van der Waals surface area contributed by atoms with Gasteiger partial charge in [0.15, 0.2) is 0 Å². The molecule has 0 amide bonds. The first kappa shape index (κ1) is 22.0. The summed E-state index contributed by atoms with van der Waals surface area (Å²) in [4.78, 5) is 35.1. The molecule has 2 aromatic rings. The first-order valence-electron chi connectivity index (χ1n) is 11.0. The molecule has 0 aliphatic heterocycles. The van der Waals surface area contributed by atoms with E-state index in [9.17, 15) is 9.59 Å². The van der Waals surface area contributed by atoms with Gasteiger partial charge in [-0.25, -0.2) is 4.98 Å². The van der Waals surface area contributed by atoms with E-state index >= 15 is 0 Å². The van der Waals surface area contributed by atoms with Crippen molar-refractivity contribution in [1.82, 2.24) is 14.5 Å². The number of thiophene rings is 1. The number of fused-ring (bicyclic) bond motifs is 3. The van der Waals surface area contributed by atoms with Gasteiger partial charge in [-0.05, 0) is 50.8 Å². The van der Waals surface area contributed by atoms with Crippen molar-refractivity contribution in [1.29, 1.82) is 0 Å². The van der Waals surface area contributed by atoms with E-state index in [0.717, 1.165) is 67.4 Å². The Labute approximate surface area is 176 Å². The minimum absolute atomic E-state index is 0.0604. The predicted molar refractivity (Wildman–Crippen MR) is 118 cm³/mol. The van der Waals surface area contributed by atoms with Crippen LogP contribution in [0.4, 0.5) is 0 Å². The van der Waals surface area contributed by atoms with Gasteiger partial charge in [0.05, 0.1) is 18.5 Å². The fourth-order valence-corrected chi connectivity index (χ4v) is 5.20. The van der Waals surface area contributed by atoms with Crippen molar-refractivity contribution < 1.29 is 9.53 Å². The third-order valence-electron chi connectivity index (χ3n) is 5.71. The van der Waals surface area contributed by atoms with Gasteiger partial charge in [-0.2, -0.15) is 0 Å². The first-order valence-corrected chi connectivity index (χ1v) is 11.8. The van der Waals surface area contributed by atoms with E-state index in [1.807, 2.05) is 0 Å². The Morgan fingerprint density at radius 3 is 2.66 bits per heavy atom. The summed E-state index contributed by atoms with van der Waals surface area (Å²) in [5, 5.41) is 0.728. The van der Waals surface area contributed by atoms with Crippen LogP contribution in [-0.2, 0) is 35.5 Å². The Morgan fingerprint density at radius 2 is 1.93 bits per heavy atom. The monoisotopic (exact) mass is 419 g/mol. The van der Waals surface area contributed by atoms with Crippen LogP contribution in [0, 0.1) is 0 Å². The molecule has 0 spiro atoms. The maximum absolute atomic E-state index is 13.5. The molecule has 0 radical (unpaired) electrons. The summed E-state index contributed by atoms with van der Waals surface area (Å²) in [6.45, 7) is 8.95. The largest absolute Gasteiger partial charge is 0.464 e. The number of aryl methyl sites for hydroxylation is 2. The minimum atomic E-state index is -0.353. The van der Waals surface area contributed by atoms with E-state index in [2.05, 4.69) is 25.7 Å². The molecule has 0 bridgehead atoms. The van der Waals surface area contributed by atoms with Crippen LogP contribution in [0.5, 0.6) is 0 Å². The minimum Gasteiger partial charge on any atom is -0.464 e. The summed E-state index contributed by atoms with van der Waals surface area (Å²) < 4.78 is 6.94. The third kappa shape index (κ3) is 5.07. The number of rotatable bonds is 10. The van der Waals surface area contributed by atoms with Crippen LogP contribution in [0.25, 0.3) is 10.2 Å². The fraction of sp³-hybridized carbons (Fsp3) is 0.682. The number of carbonyl (C=O) groups is 1. The lowest BCUT2D eigenvalue weighted by Crippen LogP contribution is -2.33. The summed E-state index contributed by atoms with van der Waals surface area (Å²) in [5.41, 5.74) is 1.08. The zero-order chi connectivity index (χ0) is 20.8. The highest BCUT2D eigenvalue weighted by Gasteiger charge is 2.23. The molecule has 0 saturated heterocycles. The predicted octanol–water partition coefficient (Wildman–Crippen LogP) is 3.91. The zero-order valence-electron chi connectivity index (χ0n) is 18.0. The number of nitrogens with zero attached hydrogens (tertiary/aromatic N) is 3. The van der Waals surface area contributed by atoms with Crippen LogP contribution in [0.1, 0.15) is 69.1 Å². The Balaban J connectivity index is 1.96. The van der Waals surface area contributed by atoms with Gasteiger partial charge in [0.25, 0.3) is 5.56 Å². The smallest absolute Gasteiger partial charge is 0.326 e. The van der Waals surface area contributed by atoms with Gasteiger partial charge < -0.3 is 4.74 Å². The van der Waals surface area contributed by atoms with Gasteiger partial charge in [0.1, 0.15) is 17.2 Å². The third-order valence-corrected chi connectivity index (χ3v) is 6.90. The molecule has 1 aliphatic rings. The molecule has 2 heterocycles. The molecule has 3 rings (SSSR count). The summed E-state index contributed by atoms with van der Waals surface area (Å²) in [6, 6.07) is 0. The molecule has 29 heavy (non-hydrogen) atoms. The molecule has 0 atom stereocenters. The average molecular weight is 420 g/mol. The van der Waals surface area contributed by atoms with E-state index in [1.165, 1.54) is 11.3 Å². The highest BCUT2D eigenvalue weighted by molar-refractivity contribution is 7.18. The fourth-order valence-electron chi connectivity index (χ4n) is 3.92. The molecular weight excluding hydrogens is 386 g/mol. The number of carbonyl (C=O) groups excluding carboxylic acids is 1. The second kappa shape index (κ2) is 10.3. The van der Waals surface area contributed by atoms with Gasteiger partial charge in [-0.3, -0.25) is 19.1 Å². The standard InChI is InChI=1S/C22H33N3O3S/c1-4-7-10-13-28-19(26)15-25-18(14-24(5-2)6-3)23-21-20(22(25)27)16-11-8-9-12-17(16)29-21/h4-15H2,1-3H3. The molecule has 0 N–H and O–H groups in total. The van der Waals surface area contributed by atoms with Crippen molar-refractivity contribution in [3.05, 3.63) is 26.6 Å². The van der Waals surface area contributed by atoms with Gasteiger partial charge in [-0.15, -0.1) is 11.3 Å². The summed E-state index contributed by atoms with van der Waals surface area (Å²) in [5.74, 6) is 0.310. The lowest BCUT2D eigenvalue weighted by atomic mass is 9.97. The Bertz CT molecular complexity index is 899. The number of aromatic nitrogens is 2. The number of unbranched alkanes of at least 4 members (excludes halogenated alkanes) is 2. The molecule has 0 fully saturated rings. The quantitative estimate of drug-likeness (QED) is 0.431. The molecule has 1 aliphatic carbocycles. The molecule has 7 heteroatoms. The SMILES string of the molecule is CCCCCOC(=O)Cn1c(CN(CC)CC)nc2sc3c(c2c1=O)CCCC3. The molecule has 160 valence electrons. The number of esters is 1. The number of hydrogen-bond donors (Lipinski definition) is 0. The maximum Gasteiger partial charge on any atom is 0.326 e. The molecular formula is C22H33N3O3S. The number of hydrogen-bond acceptors (Lipinski definition) is 6. The molecule has 2 aromatic heterocycles. The molecule has 6 nitrogen and oxygen atoms in total. The van der Waals surface area contributed by atoms with E-state index in [0.29, 0.717) is 19.0 Å². The summed E-state index contributed by atoms with van der Waals surface area (Å²) >= 11 is 1.66. The first-order chi connectivity index (χ1) is 14.1. The Hall–Kier alpha value is -1.73. The van der Waals surface area contributed by atoms with Crippen LogP contribution in [-0.4, -0.2) is 40.1 Å². The topological polar surface area (TPSA) is 64.4 Å². The molecule has 0 unspecified atom stereocenters. The normalized spacial score (nSPS) is 13.8. The van der Waals surface area contributed by atoms with Crippen molar-refractivity contribution in [2.45, 2.75) is 78.8 Å². The van der Waals surface area contributed by atoms with Crippen LogP contribution in [0.15, 0.2) is 4.79 Å². The Morgan fingerprint density at radius 1 is 1.17 bits per heavy atom.